The third-order valence-corrected chi connectivity index (χ3v) is 0.944. The zero-order valence-electron chi connectivity index (χ0n) is 5.97. The predicted molar refractivity (Wildman–Crippen MR) is 36.3 cm³/mol. The minimum Gasteiger partial charge on any atom is -0.496 e. The summed E-state index contributed by atoms with van der Waals surface area (Å²) in [6, 6.07) is 0. The Hall–Kier alpha value is -0.990. The van der Waals surface area contributed by atoms with E-state index < -0.39 is 0 Å². The molecule has 52 valence electrons. The molecule has 0 N–H and O–H groups in total. The van der Waals surface area contributed by atoms with E-state index in [0.29, 0.717) is 11.6 Å². The molecule has 0 heterocycles. The summed E-state index contributed by atoms with van der Waals surface area (Å²) >= 11 is 0. The number of hydrogen-bond acceptors (Lipinski definition) is 3. The van der Waals surface area contributed by atoms with Crippen molar-refractivity contribution < 1.29 is 9.47 Å². The zero-order chi connectivity index (χ0) is 7.28. The van der Waals surface area contributed by atoms with Gasteiger partial charge in [-0.3, -0.25) is 0 Å². The second kappa shape index (κ2) is 3.95. The minimum absolute atomic E-state index is 0.428. The molecule has 0 aromatic carbocycles. The van der Waals surface area contributed by atoms with Crippen molar-refractivity contribution in [1.82, 2.24) is 0 Å². The Morgan fingerprint density at radius 3 is 2.00 bits per heavy atom. The largest absolute Gasteiger partial charge is 0.496 e. The molecule has 9 heavy (non-hydrogen) atoms. The van der Waals surface area contributed by atoms with Crippen LogP contribution < -0.4 is 0 Å². The Balaban J connectivity index is 4.18. The summed E-state index contributed by atoms with van der Waals surface area (Å²) in [6.45, 7) is 5.05. The molecule has 3 heteroatoms. The molecule has 0 saturated heterocycles. The van der Waals surface area contributed by atoms with Crippen molar-refractivity contribution in [1.29, 1.82) is 0 Å². The molecule has 0 radical (unpaired) electrons. The molecule has 0 aromatic heterocycles. The van der Waals surface area contributed by atoms with Crippen LogP contribution in [-0.4, -0.2) is 20.9 Å². The molecule has 0 aliphatic heterocycles. The van der Waals surface area contributed by atoms with Crippen molar-refractivity contribution in [3.63, 3.8) is 0 Å². The van der Waals surface area contributed by atoms with Crippen LogP contribution in [-0.2, 0) is 9.47 Å². The molecule has 0 bridgehead atoms. The number of rotatable bonds is 3. The van der Waals surface area contributed by atoms with E-state index in [1.54, 1.807) is 14.0 Å². The molecule has 0 aliphatic carbocycles. The first-order chi connectivity index (χ1) is 4.26. The van der Waals surface area contributed by atoms with Gasteiger partial charge in [0.1, 0.15) is 0 Å². The Morgan fingerprint density at radius 2 is 1.89 bits per heavy atom. The van der Waals surface area contributed by atoms with E-state index in [4.69, 9.17) is 9.47 Å². The first-order valence-electron chi connectivity index (χ1n) is 2.51. The molecule has 0 aromatic rings. The maximum atomic E-state index is 4.81. The van der Waals surface area contributed by atoms with E-state index in [0.717, 1.165) is 0 Å². The van der Waals surface area contributed by atoms with Gasteiger partial charge in [-0.25, -0.2) is 4.99 Å². The summed E-state index contributed by atoms with van der Waals surface area (Å²) in [6.07, 6.45) is 0. The van der Waals surface area contributed by atoms with Gasteiger partial charge < -0.3 is 9.47 Å². The third kappa shape index (κ3) is 2.17. The van der Waals surface area contributed by atoms with Crippen LogP contribution >= 0.6 is 0 Å². The Bertz CT molecular complexity index is 129. The fraction of sp³-hybridized carbons (Fsp3) is 0.500. The van der Waals surface area contributed by atoms with Crippen molar-refractivity contribution >= 4 is 6.72 Å². The monoisotopic (exact) mass is 129 g/mol. The smallest absolute Gasteiger partial charge is 0.251 e. The number of aliphatic imine (C=N–C) groups is 1. The summed E-state index contributed by atoms with van der Waals surface area (Å²) in [5.41, 5.74) is 0. The summed E-state index contributed by atoms with van der Waals surface area (Å²) in [7, 11) is 3.08. The SMILES string of the molecule is C=N/C(OC)=C(\C)OC. The minimum atomic E-state index is 0.428. The highest BCUT2D eigenvalue weighted by Gasteiger charge is 1.96. The third-order valence-electron chi connectivity index (χ3n) is 0.944. The topological polar surface area (TPSA) is 30.8 Å². The highest BCUT2D eigenvalue weighted by molar-refractivity contribution is 5.27. The summed E-state index contributed by atoms with van der Waals surface area (Å²) in [5, 5.41) is 0. The van der Waals surface area contributed by atoms with Gasteiger partial charge in [-0.1, -0.05) is 0 Å². The quantitative estimate of drug-likeness (QED) is 0.423. The number of allylic oxidation sites excluding steroid dienone is 1. The van der Waals surface area contributed by atoms with Crippen LogP contribution in [0.15, 0.2) is 16.6 Å². The lowest BCUT2D eigenvalue weighted by Gasteiger charge is -2.02. The molecule has 0 spiro atoms. The second-order valence-corrected chi connectivity index (χ2v) is 1.43. The summed E-state index contributed by atoms with van der Waals surface area (Å²) < 4.78 is 9.59. The average molecular weight is 129 g/mol. The van der Waals surface area contributed by atoms with Gasteiger partial charge in [-0.2, -0.15) is 0 Å². The fourth-order valence-electron chi connectivity index (χ4n) is 0.407. The zero-order valence-corrected chi connectivity index (χ0v) is 5.97. The van der Waals surface area contributed by atoms with Gasteiger partial charge in [0.2, 0.25) is 0 Å². The number of methoxy groups -OCH3 is 2. The number of ether oxygens (including phenoxy) is 2. The van der Waals surface area contributed by atoms with Gasteiger partial charge in [0, 0.05) is 0 Å². The van der Waals surface area contributed by atoms with E-state index in [1.165, 1.54) is 7.11 Å². The molecular weight excluding hydrogens is 118 g/mol. The molecule has 0 rings (SSSR count). The van der Waals surface area contributed by atoms with E-state index in [-0.39, 0.29) is 0 Å². The highest BCUT2D eigenvalue weighted by atomic mass is 16.5. The Labute approximate surface area is 55.0 Å². The van der Waals surface area contributed by atoms with Crippen molar-refractivity contribution in [2.75, 3.05) is 14.2 Å². The maximum absolute atomic E-state index is 4.81. The Morgan fingerprint density at radius 1 is 1.33 bits per heavy atom. The van der Waals surface area contributed by atoms with Crippen LogP contribution in [0.4, 0.5) is 0 Å². The van der Waals surface area contributed by atoms with Crippen LogP contribution in [0.2, 0.25) is 0 Å². The Kier molecular flexibility index (Phi) is 3.51. The summed E-state index contributed by atoms with van der Waals surface area (Å²) in [4.78, 5) is 3.56. The molecular formula is C6H11NO2. The molecule has 0 saturated carbocycles. The molecule has 0 atom stereocenters. The van der Waals surface area contributed by atoms with E-state index in [9.17, 15) is 0 Å². The highest BCUT2D eigenvalue weighted by Crippen LogP contribution is 2.04. The molecule has 3 nitrogen and oxygen atoms in total. The lowest BCUT2D eigenvalue weighted by molar-refractivity contribution is 0.221. The van der Waals surface area contributed by atoms with Crippen molar-refractivity contribution in [3.8, 4) is 0 Å². The van der Waals surface area contributed by atoms with Gasteiger partial charge in [0.25, 0.3) is 5.88 Å². The van der Waals surface area contributed by atoms with Crippen LogP contribution in [0.3, 0.4) is 0 Å². The average Bonchev–Trinajstić information content (AvgIpc) is 1.90. The molecule has 0 amide bonds. The molecule has 0 unspecified atom stereocenters. The second-order valence-electron chi connectivity index (χ2n) is 1.43. The number of nitrogens with zero attached hydrogens (tertiary/aromatic N) is 1. The first kappa shape index (κ1) is 8.01. The van der Waals surface area contributed by atoms with Gasteiger partial charge in [-0.05, 0) is 13.6 Å². The molecule has 0 fully saturated rings. The van der Waals surface area contributed by atoms with Crippen LogP contribution in [0, 0.1) is 0 Å². The van der Waals surface area contributed by atoms with E-state index in [2.05, 4.69) is 11.7 Å². The van der Waals surface area contributed by atoms with Gasteiger partial charge >= 0.3 is 0 Å². The maximum Gasteiger partial charge on any atom is 0.251 e. The predicted octanol–water partition coefficient (Wildman–Crippen LogP) is 1.17. The van der Waals surface area contributed by atoms with Crippen molar-refractivity contribution in [2.45, 2.75) is 6.92 Å². The lowest BCUT2D eigenvalue weighted by atomic mass is 10.6. The van der Waals surface area contributed by atoms with E-state index >= 15 is 0 Å². The van der Waals surface area contributed by atoms with Crippen LogP contribution in [0.25, 0.3) is 0 Å². The standard InChI is InChI=1S/C6H11NO2/c1-5(8-3)6(7-2)9-4/h2H2,1,3-4H3/b6-5-. The lowest BCUT2D eigenvalue weighted by Crippen LogP contribution is -1.89. The molecule has 0 aliphatic rings. The van der Waals surface area contributed by atoms with Gasteiger partial charge in [-0.15, -0.1) is 0 Å². The van der Waals surface area contributed by atoms with Crippen molar-refractivity contribution in [3.05, 3.63) is 11.6 Å². The van der Waals surface area contributed by atoms with Crippen molar-refractivity contribution in [2.24, 2.45) is 4.99 Å². The summed E-state index contributed by atoms with van der Waals surface area (Å²) in [5.74, 6) is 1.06. The van der Waals surface area contributed by atoms with E-state index in [1.807, 2.05) is 0 Å². The normalized spacial score (nSPS) is 11.9. The fourth-order valence-corrected chi connectivity index (χ4v) is 0.407. The van der Waals surface area contributed by atoms with Gasteiger partial charge in [0.15, 0.2) is 5.76 Å². The van der Waals surface area contributed by atoms with Gasteiger partial charge in [0.05, 0.1) is 14.2 Å². The van der Waals surface area contributed by atoms with Crippen LogP contribution in [0.5, 0.6) is 0 Å². The number of hydrogen-bond donors (Lipinski definition) is 0. The first-order valence-corrected chi connectivity index (χ1v) is 2.51. The van der Waals surface area contributed by atoms with Crippen LogP contribution in [0.1, 0.15) is 6.92 Å².